The molecule has 0 unspecified atom stereocenters. The average Bonchev–Trinajstić information content (AvgIpc) is 2.37. The average molecular weight is 207 g/mol. The molecular weight excluding hydrogens is 189 g/mol. The molecule has 0 spiro atoms. The molecule has 0 fully saturated rings. The fourth-order valence-electron chi connectivity index (χ4n) is 1.57. The molecule has 0 radical (unpaired) electrons. The molecule has 70 valence electrons. The Labute approximate surface area is 124 Å². The summed E-state index contributed by atoms with van der Waals surface area (Å²) in [4.78, 5) is 6.61. The Hall–Kier alpha value is 0.906. The molecular formula is C9H18KN3. The SMILES string of the molecule is CC(C)N(C1=NCC[N-]1)C(C)C.[K+]. The molecule has 3 nitrogen and oxygen atoms in total. The van der Waals surface area contributed by atoms with E-state index in [1.165, 1.54) is 0 Å². The van der Waals surface area contributed by atoms with Crippen molar-refractivity contribution in [3.63, 3.8) is 0 Å². The van der Waals surface area contributed by atoms with Gasteiger partial charge in [0.15, 0.2) is 0 Å². The summed E-state index contributed by atoms with van der Waals surface area (Å²) in [5, 5.41) is 4.35. The van der Waals surface area contributed by atoms with Crippen LogP contribution in [0.3, 0.4) is 0 Å². The third kappa shape index (κ3) is 3.87. The summed E-state index contributed by atoms with van der Waals surface area (Å²) in [5.41, 5.74) is 0. The van der Waals surface area contributed by atoms with Crippen LogP contribution in [0.1, 0.15) is 27.7 Å². The molecule has 0 N–H and O–H groups in total. The van der Waals surface area contributed by atoms with Gasteiger partial charge in [-0.1, -0.05) is 27.7 Å². The van der Waals surface area contributed by atoms with Gasteiger partial charge in [-0.2, -0.15) is 0 Å². The largest absolute Gasteiger partial charge is 1.00 e. The molecule has 0 saturated carbocycles. The van der Waals surface area contributed by atoms with Crippen molar-refractivity contribution in [1.82, 2.24) is 4.90 Å². The number of guanidine groups is 1. The Morgan fingerprint density at radius 3 is 2.08 bits per heavy atom. The summed E-state index contributed by atoms with van der Waals surface area (Å²) in [7, 11) is 0. The van der Waals surface area contributed by atoms with E-state index in [0.717, 1.165) is 19.0 Å². The van der Waals surface area contributed by atoms with Crippen molar-refractivity contribution in [2.75, 3.05) is 13.1 Å². The second-order valence-corrected chi connectivity index (χ2v) is 3.66. The maximum absolute atomic E-state index is 4.35. The van der Waals surface area contributed by atoms with E-state index < -0.39 is 0 Å². The Morgan fingerprint density at radius 1 is 1.23 bits per heavy atom. The van der Waals surface area contributed by atoms with Gasteiger partial charge in [-0.25, -0.2) is 0 Å². The van der Waals surface area contributed by atoms with Crippen LogP contribution in [0.2, 0.25) is 0 Å². The van der Waals surface area contributed by atoms with Crippen LogP contribution in [0.4, 0.5) is 0 Å². The zero-order valence-corrected chi connectivity index (χ0v) is 12.5. The quantitative estimate of drug-likeness (QED) is 0.526. The molecule has 0 bridgehead atoms. The van der Waals surface area contributed by atoms with Gasteiger partial charge in [-0.15, -0.1) is 0 Å². The van der Waals surface area contributed by atoms with E-state index in [2.05, 4.69) is 42.9 Å². The summed E-state index contributed by atoms with van der Waals surface area (Å²) in [6, 6.07) is 0.983. The van der Waals surface area contributed by atoms with Gasteiger partial charge < -0.3 is 15.2 Å². The van der Waals surface area contributed by atoms with Crippen molar-refractivity contribution in [3.8, 4) is 0 Å². The van der Waals surface area contributed by atoms with Crippen LogP contribution < -0.4 is 51.4 Å². The van der Waals surface area contributed by atoms with Crippen LogP contribution in [0, 0.1) is 0 Å². The third-order valence-electron chi connectivity index (χ3n) is 1.95. The number of hydrogen-bond donors (Lipinski definition) is 0. The molecule has 0 aromatic heterocycles. The van der Waals surface area contributed by atoms with Gasteiger partial charge in [-0.05, 0) is 25.2 Å². The van der Waals surface area contributed by atoms with E-state index in [1.807, 2.05) is 0 Å². The van der Waals surface area contributed by atoms with Gasteiger partial charge in [0.1, 0.15) is 0 Å². The maximum Gasteiger partial charge on any atom is 1.00 e. The summed E-state index contributed by atoms with van der Waals surface area (Å²) >= 11 is 0. The van der Waals surface area contributed by atoms with Crippen molar-refractivity contribution in [2.45, 2.75) is 39.8 Å². The molecule has 4 heteroatoms. The first-order chi connectivity index (χ1) is 5.63. The predicted octanol–water partition coefficient (Wildman–Crippen LogP) is -1.15. The van der Waals surface area contributed by atoms with E-state index in [4.69, 9.17) is 0 Å². The van der Waals surface area contributed by atoms with E-state index in [-0.39, 0.29) is 51.4 Å². The van der Waals surface area contributed by atoms with Gasteiger partial charge in [0, 0.05) is 5.96 Å². The van der Waals surface area contributed by atoms with Crippen LogP contribution in [0.25, 0.3) is 5.32 Å². The van der Waals surface area contributed by atoms with E-state index >= 15 is 0 Å². The van der Waals surface area contributed by atoms with Gasteiger partial charge in [0.05, 0.1) is 0 Å². The van der Waals surface area contributed by atoms with E-state index in [0.29, 0.717) is 12.1 Å². The zero-order chi connectivity index (χ0) is 9.14. The first-order valence-electron chi connectivity index (χ1n) is 4.63. The second kappa shape index (κ2) is 6.40. The zero-order valence-electron chi connectivity index (χ0n) is 9.41. The van der Waals surface area contributed by atoms with E-state index in [9.17, 15) is 0 Å². The van der Waals surface area contributed by atoms with Gasteiger partial charge in [-0.3, -0.25) is 0 Å². The minimum atomic E-state index is 0. The van der Waals surface area contributed by atoms with Gasteiger partial charge >= 0.3 is 51.4 Å². The summed E-state index contributed by atoms with van der Waals surface area (Å²) in [6.07, 6.45) is 0. The van der Waals surface area contributed by atoms with Crippen LogP contribution >= 0.6 is 0 Å². The van der Waals surface area contributed by atoms with Crippen LogP contribution in [-0.4, -0.2) is 36.0 Å². The molecule has 0 amide bonds. The molecule has 1 aliphatic heterocycles. The molecule has 0 saturated heterocycles. The number of rotatable bonds is 2. The minimum Gasteiger partial charge on any atom is -0.421 e. The Bertz CT molecular complexity index is 170. The number of hydrogen-bond acceptors (Lipinski definition) is 2. The molecule has 0 aromatic rings. The molecule has 13 heavy (non-hydrogen) atoms. The molecule has 0 aromatic carbocycles. The summed E-state index contributed by atoms with van der Waals surface area (Å²) in [5.74, 6) is 0.944. The van der Waals surface area contributed by atoms with Crippen molar-refractivity contribution >= 4 is 5.96 Å². The van der Waals surface area contributed by atoms with Gasteiger partial charge in [0.25, 0.3) is 0 Å². The Balaban J connectivity index is 0.00000144. The Kier molecular flexibility index (Phi) is 6.85. The summed E-state index contributed by atoms with van der Waals surface area (Å²) < 4.78 is 0. The monoisotopic (exact) mass is 207 g/mol. The van der Waals surface area contributed by atoms with E-state index in [1.54, 1.807) is 0 Å². The van der Waals surface area contributed by atoms with Crippen molar-refractivity contribution in [3.05, 3.63) is 5.32 Å². The fraction of sp³-hybridized carbons (Fsp3) is 0.889. The summed E-state index contributed by atoms with van der Waals surface area (Å²) in [6.45, 7) is 10.4. The third-order valence-corrected chi connectivity index (χ3v) is 1.95. The number of nitrogens with zero attached hydrogens (tertiary/aromatic N) is 3. The van der Waals surface area contributed by atoms with Crippen molar-refractivity contribution in [2.24, 2.45) is 4.99 Å². The normalized spacial score (nSPS) is 15.4. The topological polar surface area (TPSA) is 29.7 Å². The Morgan fingerprint density at radius 2 is 1.77 bits per heavy atom. The smallest absolute Gasteiger partial charge is 0.421 e. The van der Waals surface area contributed by atoms with Crippen molar-refractivity contribution in [1.29, 1.82) is 0 Å². The maximum atomic E-state index is 4.35. The second-order valence-electron chi connectivity index (χ2n) is 3.66. The van der Waals surface area contributed by atoms with Crippen LogP contribution in [0.5, 0.6) is 0 Å². The predicted molar refractivity (Wildman–Crippen MR) is 52.6 cm³/mol. The van der Waals surface area contributed by atoms with Crippen LogP contribution in [0.15, 0.2) is 4.99 Å². The minimum absolute atomic E-state index is 0. The standard InChI is InChI=1S/C9H18N3.K/c1-7(2)12(8(3)4)9-10-5-6-11-9;/h7-8H,5-6H2,1-4H3;/q-1;+1. The van der Waals surface area contributed by atoms with Crippen LogP contribution in [-0.2, 0) is 0 Å². The molecule has 1 heterocycles. The molecule has 0 atom stereocenters. The van der Waals surface area contributed by atoms with Gasteiger partial charge in [0.2, 0.25) is 0 Å². The first-order valence-corrected chi connectivity index (χ1v) is 4.63. The van der Waals surface area contributed by atoms with Crippen molar-refractivity contribution < 1.29 is 51.4 Å². The molecule has 0 aliphatic carbocycles. The molecule has 1 aliphatic rings. The number of aliphatic imine (C=N–C) groups is 1. The first kappa shape index (κ1) is 13.9. The molecule has 1 rings (SSSR count). The fourth-order valence-corrected chi connectivity index (χ4v) is 1.57.